The lowest BCUT2D eigenvalue weighted by atomic mass is 9.91. The number of fused-ring (bicyclic) bond motifs is 3. The first-order valence-corrected chi connectivity index (χ1v) is 4.83. The molecule has 0 saturated carbocycles. The normalized spacial score (nSPS) is 46.3. The molecule has 5 nitrogen and oxygen atoms in total. The zero-order valence-electron chi connectivity index (χ0n) is 8.53. The SMILES string of the molecule is CC(O)[C@@H](N)C12OCC(C)(CO1)CO2. The van der Waals surface area contributed by atoms with Crippen molar-refractivity contribution in [2.45, 2.75) is 32.0 Å². The standard InChI is InChI=1S/C9H17NO4/c1-6(11)7(10)9-12-3-8(2,4-13-9)5-14-9/h6-7,11H,3-5,10H2,1-2H3/t6?,7-,8?,9?/m1/s1. The van der Waals surface area contributed by atoms with Gasteiger partial charge in [-0.25, -0.2) is 0 Å². The summed E-state index contributed by atoms with van der Waals surface area (Å²) in [7, 11) is 0. The van der Waals surface area contributed by atoms with Gasteiger partial charge in [0.05, 0.1) is 25.9 Å². The van der Waals surface area contributed by atoms with Crippen LogP contribution in [0.15, 0.2) is 0 Å². The van der Waals surface area contributed by atoms with Crippen molar-refractivity contribution in [1.29, 1.82) is 0 Å². The van der Waals surface area contributed by atoms with Crippen LogP contribution in [-0.4, -0.2) is 43.0 Å². The molecule has 0 amide bonds. The molecule has 3 heterocycles. The van der Waals surface area contributed by atoms with Gasteiger partial charge >= 0.3 is 5.97 Å². The van der Waals surface area contributed by atoms with E-state index >= 15 is 0 Å². The van der Waals surface area contributed by atoms with Crippen molar-refractivity contribution in [1.82, 2.24) is 0 Å². The molecular weight excluding hydrogens is 186 g/mol. The molecule has 2 bridgehead atoms. The largest absolute Gasteiger partial charge is 0.391 e. The van der Waals surface area contributed by atoms with E-state index in [0.29, 0.717) is 19.8 Å². The summed E-state index contributed by atoms with van der Waals surface area (Å²) in [5, 5.41) is 9.39. The lowest BCUT2D eigenvalue weighted by molar-refractivity contribution is -0.475. The number of rotatable bonds is 2. The Kier molecular flexibility index (Phi) is 2.32. The third kappa shape index (κ3) is 1.45. The predicted octanol–water partition coefficient (Wildman–Crippen LogP) is -0.568. The Balaban J connectivity index is 2.12. The van der Waals surface area contributed by atoms with E-state index in [1.807, 2.05) is 6.92 Å². The first-order chi connectivity index (χ1) is 6.48. The lowest BCUT2D eigenvalue weighted by Gasteiger charge is -2.52. The fraction of sp³-hybridized carbons (Fsp3) is 1.00. The van der Waals surface area contributed by atoms with Gasteiger partial charge < -0.3 is 25.1 Å². The van der Waals surface area contributed by atoms with Crippen molar-refractivity contribution in [3.05, 3.63) is 0 Å². The van der Waals surface area contributed by atoms with Crippen LogP contribution in [0.5, 0.6) is 0 Å². The molecule has 0 aromatic rings. The van der Waals surface area contributed by atoms with Gasteiger partial charge in [0, 0.05) is 5.41 Å². The molecule has 1 unspecified atom stereocenters. The zero-order chi connectivity index (χ0) is 10.4. The summed E-state index contributed by atoms with van der Waals surface area (Å²) >= 11 is 0. The maximum Gasteiger partial charge on any atom is 0.301 e. The minimum atomic E-state index is -1.23. The molecule has 3 saturated heterocycles. The molecule has 3 rings (SSSR count). The summed E-state index contributed by atoms with van der Waals surface area (Å²) in [4.78, 5) is 0. The van der Waals surface area contributed by atoms with E-state index in [1.165, 1.54) is 0 Å². The van der Waals surface area contributed by atoms with Crippen molar-refractivity contribution < 1.29 is 19.3 Å². The van der Waals surface area contributed by atoms with Crippen LogP contribution in [0, 0.1) is 5.41 Å². The van der Waals surface area contributed by atoms with Gasteiger partial charge in [0.25, 0.3) is 0 Å². The minimum absolute atomic E-state index is 0.0693. The summed E-state index contributed by atoms with van der Waals surface area (Å²) in [5.41, 5.74) is 5.71. The van der Waals surface area contributed by atoms with Gasteiger partial charge in [0.1, 0.15) is 6.04 Å². The van der Waals surface area contributed by atoms with Crippen molar-refractivity contribution in [2.24, 2.45) is 11.1 Å². The van der Waals surface area contributed by atoms with Gasteiger partial charge in [-0.1, -0.05) is 6.92 Å². The third-order valence-corrected chi connectivity index (χ3v) is 2.79. The molecule has 2 atom stereocenters. The molecule has 5 heteroatoms. The first-order valence-electron chi connectivity index (χ1n) is 4.83. The molecule has 0 aliphatic carbocycles. The summed E-state index contributed by atoms with van der Waals surface area (Å²) in [5.74, 6) is -1.23. The van der Waals surface area contributed by atoms with E-state index in [0.717, 1.165) is 0 Å². The molecule has 3 aliphatic heterocycles. The average molecular weight is 203 g/mol. The number of ether oxygens (including phenoxy) is 3. The highest BCUT2D eigenvalue weighted by molar-refractivity contribution is 4.91. The van der Waals surface area contributed by atoms with Crippen molar-refractivity contribution >= 4 is 0 Å². The maximum atomic E-state index is 9.39. The van der Waals surface area contributed by atoms with E-state index in [9.17, 15) is 5.11 Å². The quantitative estimate of drug-likeness (QED) is 0.629. The van der Waals surface area contributed by atoms with Gasteiger partial charge in [0.2, 0.25) is 0 Å². The Morgan fingerprint density at radius 2 is 1.64 bits per heavy atom. The molecular formula is C9H17NO4. The summed E-state index contributed by atoms with van der Waals surface area (Å²) in [6.45, 7) is 5.32. The number of nitrogens with two attached hydrogens (primary N) is 1. The van der Waals surface area contributed by atoms with Gasteiger partial charge in [-0.15, -0.1) is 0 Å². The van der Waals surface area contributed by atoms with E-state index in [1.54, 1.807) is 6.92 Å². The van der Waals surface area contributed by atoms with Crippen molar-refractivity contribution in [2.75, 3.05) is 19.8 Å². The van der Waals surface area contributed by atoms with Gasteiger partial charge in [-0.05, 0) is 6.92 Å². The first kappa shape index (κ1) is 10.3. The Morgan fingerprint density at radius 1 is 1.21 bits per heavy atom. The van der Waals surface area contributed by atoms with Crippen LogP contribution in [0.2, 0.25) is 0 Å². The molecule has 82 valence electrons. The lowest BCUT2D eigenvalue weighted by Crippen LogP contribution is -2.68. The molecule has 3 fully saturated rings. The van der Waals surface area contributed by atoms with E-state index in [4.69, 9.17) is 19.9 Å². The van der Waals surface area contributed by atoms with E-state index in [2.05, 4.69) is 0 Å². The number of aliphatic hydroxyl groups is 1. The van der Waals surface area contributed by atoms with Crippen LogP contribution >= 0.6 is 0 Å². The monoisotopic (exact) mass is 203 g/mol. The number of hydrogen-bond donors (Lipinski definition) is 2. The average Bonchev–Trinajstić information content (AvgIpc) is 2.18. The van der Waals surface area contributed by atoms with Gasteiger partial charge in [-0.2, -0.15) is 0 Å². The summed E-state index contributed by atoms with van der Waals surface area (Å²) < 4.78 is 16.4. The Hall–Kier alpha value is -0.200. The molecule has 14 heavy (non-hydrogen) atoms. The Morgan fingerprint density at radius 3 is 2.00 bits per heavy atom. The number of aliphatic hydroxyl groups excluding tert-OH is 1. The topological polar surface area (TPSA) is 73.9 Å². The van der Waals surface area contributed by atoms with Crippen LogP contribution in [0.1, 0.15) is 13.8 Å². The zero-order valence-corrected chi connectivity index (χ0v) is 8.53. The minimum Gasteiger partial charge on any atom is -0.391 e. The molecule has 0 aromatic carbocycles. The Bertz CT molecular complexity index is 206. The summed E-state index contributed by atoms with van der Waals surface area (Å²) in [6, 6.07) is -0.674. The van der Waals surface area contributed by atoms with E-state index in [-0.39, 0.29) is 5.41 Å². The highest BCUT2D eigenvalue weighted by Crippen LogP contribution is 2.39. The molecule has 3 N–H and O–H groups in total. The number of hydrogen-bond acceptors (Lipinski definition) is 5. The second-order valence-corrected chi connectivity index (χ2v) is 4.55. The van der Waals surface area contributed by atoms with Crippen LogP contribution in [-0.2, 0) is 14.2 Å². The third-order valence-electron chi connectivity index (χ3n) is 2.79. The predicted molar refractivity (Wildman–Crippen MR) is 48.4 cm³/mol. The fourth-order valence-corrected chi connectivity index (χ4v) is 1.66. The van der Waals surface area contributed by atoms with Crippen LogP contribution in [0.3, 0.4) is 0 Å². The van der Waals surface area contributed by atoms with Crippen LogP contribution in [0.25, 0.3) is 0 Å². The van der Waals surface area contributed by atoms with Crippen LogP contribution in [0.4, 0.5) is 0 Å². The highest BCUT2D eigenvalue weighted by Gasteiger charge is 2.54. The van der Waals surface area contributed by atoms with Gasteiger partial charge in [0.15, 0.2) is 0 Å². The second-order valence-electron chi connectivity index (χ2n) is 4.55. The molecule has 0 radical (unpaired) electrons. The maximum absolute atomic E-state index is 9.39. The molecule has 0 spiro atoms. The van der Waals surface area contributed by atoms with Crippen molar-refractivity contribution in [3.8, 4) is 0 Å². The second kappa shape index (κ2) is 3.15. The fourth-order valence-electron chi connectivity index (χ4n) is 1.66. The summed E-state index contributed by atoms with van der Waals surface area (Å²) in [6.07, 6.45) is -0.725. The van der Waals surface area contributed by atoms with Gasteiger partial charge in [-0.3, -0.25) is 0 Å². The van der Waals surface area contributed by atoms with Crippen molar-refractivity contribution in [3.63, 3.8) is 0 Å². The van der Waals surface area contributed by atoms with E-state index < -0.39 is 18.1 Å². The molecule has 3 aliphatic rings. The molecule has 0 aromatic heterocycles. The smallest absolute Gasteiger partial charge is 0.301 e. The van der Waals surface area contributed by atoms with Crippen LogP contribution < -0.4 is 5.73 Å². The highest BCUT2D eigenvalue weighted by atomic mass is 16.9. The Labute approximate surface area is 83.1 Å².